The molecule has 0 spiro atoms. The zero-order valence-electron chi connectivity index (χ0n) is 15.7. The fourth-order valence-electron chi connectivity index (χ4n) is 3.61. The highest BCUT2D eigenvalue weighted by Gasteiger charge is 2.34. The molecule has 0 aliphatic heterocycles. The molecule has 4 rings (SSSR count). The lowest BCUT2D eigenvalue weighted by molar-refractivity contribution is -0.138. The molecule has 1 fully saturated rings. The number of nitrogens with zero attached hydrogens (tertiary/aromatic N) is 4. The summed E-state index contributed by atoms with van der Waals surface area (Å²) in [7, 11) is 0. The van der Waals surface area contributed by atoms with Gasteiger partial charge < -0.3 is 11.1 Å². The van der Waals surface area contributed by atoms with Crippen LogP contribution in [0.4, 0.5) is 19.1 Å². The Morgan fingerprint density at radius 2 is 1.90 bits per heavy atom. The number of rotatable bonds is 3. The molecule has 6 nitrogen and oxygen atoms in total. The van der Waals surface area contributed by atoms with E-state index in [1.165, 1.54) is 12.4 Å². The number of anilines is 1. The Bertz CT molecular complexity index is 1040. The van der Waals surface area contributed by atoms with Gasteiger partial charge in [-0.1, -0.05) is 0 Å². The van der Waals surface area contributed by atoms with Gasteiger partial charge >= 0.3 is 6.18 Å². The Balaban J connectivity index is 1.69. The van der Waals surface area contributed by atoms with E-state index in [0.717, 1.165) is 37.3 Å². The summed E-state index contributed by atoms with van der Waals surface area (Å²) < 4.78 is 41.0. The van der Waals surface area contributed by atoms with Crippen molar-refractivity contribution in [2.45, 2.75) is 50.9 Å². The fraction of sp³-hybridized carbons (Fsp3) is 0.421. The maximum Gasteiger partial charge on any atom is 0.417 e. The standard InChI is InChI=1S/C19H20BrF3N6/c1-10-7-26-18(27-12-4-2-11(24)3-5-12)28-17(10)15-8-25-16-6-13(19(21,22)23)14(20)9-29(15)16/h6-9,11-12H,2-5,24H2,1H3,(H,26,27,28). The minimum Gasteiger partial charge on any atom is -0.351 e. The van der Waals surface area contributed by atoms with E-state index < -0.39 is 11.7 Å². The van der Waals surface area contributed by atoms with E-state index in [9.17, 15) is 13.2 Å². The number of fused-ring (bicyclic) bond motifs is 1. The highest BCUT2D eigenvalue weighted by Crippen LogP contribution is 2.36. The van der Waals surface area contributed by atoms with Crippen molar-refractivity contribution >= 4 is 27.5 Å². The summed E-state index contributed by atoms with van der Waals surface area (Å²) >= 11 is 3.02. The van der Waals surface area contributed by atoms with Crippen LogP contribution in [0.5, 0.6) is 0 Å². The molecule has 1 aliphatic carbocycles. The van der Waals surface area contributed by atoms with Crippen LogP contribution in [0, 0.1) is 6.92 Å². The summed E-state index contributed by atoms with van der Waals surface area (Å²) in [4.78, 5) is 13.1. The number of nitrogens with two attached hydrogens (primary N) is 1. The number of imidazole rings is 1. The Kier molecular flexibility index (Phi) is 5.24. The molecular weight excluding hydrogens is 449 g/mol. The average Bonchev–Trinajstić information content (AvgIpc) is 3.06. The second-order valence-corrected chi connectivity index (χ2v) is 8.24. The van der Waals surface area contributed by atoms with E-state index in [1.807, 2.05) is 6.92 Å². The van der Waals surface area contributed by atoms with Crippen molar-refractivity contribution in [2.75, 3.05) is 5.32 Å². The second kappa shape index (κ2) is 7.56. The first-order valence-corrected chi connectivity index (χ1v) is 10.1. The van der Waals surface area contributed by atoms with Crippen molar-refractivity contribution in [3.63, 3.8) is 0 Å². The summed E-state index contributed by atoms with van der Waals surface area (Å²) in [5, 5.41) is 3.35. The van der Waals surface area contributed by atoms with Gasteiger partial charge in [0, 0.05) is 29.0 Å². The van der Waals surface area contributed by atoms with Gasteiger partial charge in [0.05, 0.1) is 23.1 Å². The Morgan fingerprint density at radius 3 is 2.59 bits per heavy atom. The molecule has 3 heterocycles. The zero-order valence-corrected chi connectivity index (χ0v) is 17.3. The first-order valence-electron chi connectivity index (χ1n) is 9.32. The third kappa shape index (κ3) is 4.09. The third-order valence-electron chi connectivity index (χ3n) is 5.22. The summed E-state index contributed by atoms with van der Waals surface area (Å²) in [6, 6.07) is 1.53. The molecular formula is C19H20BrF3N6. The molecule has 0 aromatic carbocycles. The summed E-state index contributed by atoms with van der Waals surface area (Å²) in [5.74, 6) is 0.493. The van der Waals surface area contributed by atoms with E-state index in [2.05, 4.69) is 36.2 Å². The average molecular weight is 469 g/mol. The Morgan fingerprint density at radius 1 is 1.17 bits per heavy atom. The number of aryl methyl sites for hydroxylation is 1. The normalized spacial score (nSPS) is 20.2. The van der Waals surface area contributed by atoms with Gasteiger partial charge in [0.25, 0.3) is 0 Å². The van der Waals surface area contributed by atoms with Crippen LogP contribution >= 0.6 is 15.9 Å². The molecule has 0 amide bonds. The zero-order chi connectivity index (χ0) is 20.8. The first kappa shape index (κ1) is 20.1. The molecule has 1 aliphatic rings. The minimum absolute atomic E-state index is 0.0552. The second-order valence-electron chi connectivity index (χ2n) is 7.39. The van der Waals surface area contributed by atoms with Crippen LogP contribution in [0.1, 0.15) is 36.8 Å². The molecule has 0 bridgehead atoms. The molecule has 0 saturated heterocycles. The van der Waals surface area contributed by atoms with Gasteiger partial charge in [0.15, 0.2) is 0 Å². The predicted molar refractivity (Wildman–Crippen MR) is 108 cm³/mol. The lowest BCUT2D eigenvalue weighted by Gasteiger charge is -2.26. The maximum absolute atomic E-state index is 13.2. The number of pyridine rings is 1. The largest absolute Gasteiger partial charge is 0.417 e. The molecule has 0 atom stereocenters. The van der Waals surface area contributed by atoms with Crippen LogP contribution in [0.15, 0.2) is 29.1 Å². The molecule has 0 radical (unpaired) electrons. The minimum atomic E-state index is -4.46. The van der Waals surface area contributed by atoms with Crippen molar-refractivity contribution in [1.29, 1.82) is 0 Å². The topological polar surface area (TPSA) is 81.1 Å². The smallest absolute Gasteiger partial charge is 0.351 e. The number of nitrogens with one attached hydrogen (secondary N) is 1. The van der Waals surface area contributed by atoms with E-state index in [4.69, 9.17) is 5.73 Å². The SMILES string of the molecule is Cc1cnc(NC2CCC(N)CC2)nc1-c1cnc2cc(C(F)(F)F)c(Br)cn12. The Labute approximate surface area is 173 Å². The van der Waals surface area contributed by atoms with Crippen molar-refractivity contribution in [1.82, 2.24) is 19.4 Å². The quantitative estimate of drug-likeness (QED) is 0.588. The van der Waals surface area contributed by atoms with Crippen molar-refractivity contribution in [3.05, 3.63) is 40.3 Å². The predicted octanol–water partition coefficient (Wildman–Crippen LogP) is 4.56. The molecule has 3 aromatic rings. The van der Waals surface area contributed by atoms with Gasteiger partial charge in [-0.25, -0.2) is 15.0 Å². The van der Waals surface area contributed by atoms with E-state index in [0.29, 0.717) is 17.3 Å². The van der Waals surface area contributed by atoms with Crippen LogP contribution in [0.25, 0.3) is 17.0 Å². The molecule has 154 valence electrons. The van der Waals surface area contributed by atoms with E-state index in [1.54, 1.807) is 10.6 Å². The van der Waals surface area contributed by atoms with Gasteiger partial charge in [0.2, 0.25) is 5.95 Å². The summed E-state index contributed by atoms with van der Waals surface area (Å²) in [6.45, 7) is 1.86. The van der Waals surface area contributed by atoms with Gasteiger partial charge in [-0.3, -0.25) is 4.40 Å². The molecule has 29 heavy (non-hydrogen) atoms. The number of hydrogen-bond acceptors (Lipinski definition) is 5. The van der Waals surface area contributed by atoms with Gasteiger partial charge in [0.1, 0.15) is 5.65 Å². The van der Waals surface area contributed by atoms with Crippen molar-refractivity contribution in [2.24, 2.45) is 5.73 Å². The molecule has 10 heteroatoms. The maximum atomic E-state index is 13.2. The van der Waals surface area contributed by atoms with Crippen LogP contribution in [0.2, 0.25) is 0 Å². The van der Waals surface area contributed by atoms with Crippen molar-refractivity contribution in [3.8, 4) is 11.4 Å². The molecule has 0 unspecified atom stereocenters. The molecule has 1 saturated carbocycles. The fourth-order valence-corrected chi connectivity index (χ4v) is 4.15. The van der Waals surface area contributed by atoms with Crippen LogP contribution in [-0.4, -0.2) is 31.4 Å². The molecule has 3 aromatic heterocycles. The van der Waals surface area contributed by atoms with Crippen LogP contribution < -0.4 is 11.1 Å². The highest BCUT2D eigenvalue weighted by atomic mass is 79.9. The van der Waals surface area contributed by atoms with E-state index >= 15 is 0 Å². The first-order chi connectivity index (χ1) is 13.7. The van der Waals surface area contributed by atoms with Gasteiger partial charge in [-0.2, -0.15) is 13.2 Å². The van der Waals surface area contributed by atoms with Gasteiger partial charge in [-0.05, 0) is 60.2 Å². The van der Waals surface area contributed by atoms with E-state index in [-0.39, 0.29) is 22.2 Å². The molecule has 3 N–H and O–H groups in total. The van der Waals surface area contributed by atoms with Gasteiger partial charge in [-0.15, -0.1) is 0 Å². The highest BCUT2D eigenvalue weighted by molar-refractivity contribution is 9.10. The van der Waals surface area contributed by atoms with Crippen LogP contribution in [0.3, 0.4) is 0 Å². The third-order valence-corrected chi connectivity index (χ3v) is 5.86. The monoisotopic (exact) mass is 468 g/mol. The number of hydrogen-bond donors (Lipinski definition) is 2. The van der Waals surface area contributed by atoms with Crippen LogP contribution in [-0.2, 0) is 6.18 Å². The van der Waals surface area contributed by atoms with Crippen molar-refractivity contribution < 1.29 is 13.2 Å². The summed E-state index contributed by atoms with van der Waals surface area (Å²) in [5.41, 5.74) is 7.42. The number of halogens is 4. The lowest BCUT2D eigenvalue weighted by Crippen LogP contribution is -2.33. The lowest BCUT2D eigenvalue weighted by atomic mass is 9.92. The number of alkyl halides is 3. The number of aromatic nitrogens is 4. The Hall–Kier alpha value is -2.20. The summed E-state index contributed by atoms with van der Waals surface area (Å²) in [6.07, 6.45) is 3.97.